The molecular weight excluding hydrogens is 450 g/mol. The van der Waals surface area contributed by atoms with Crippen molar-refractivity contribution in [3.05, 3.63) is 65.7 Å². The summed E-state index contributed by atoms with van der Waals surface area (Å²) in [4.78, 5) is 21.6. The molecular formula is C25H26ClN7O. The van der Waals surface area contributed by atoms with Crippen LogP contribution in [0, 0.1) is 6.92 Å². The van der Waals surface area contributed by atoms with Crippen LogP contribution in [0.15, 0.2) is 55.1 Å². The first-order valence-corrected chi connectivity index (χ1v) is 11.7. The number of carbonyl (C=O) groups is 1. The van der Waals surface area contributed by atoms with Gasteiger partial charge in [0.15, 0.2) is 11.5 Å². The molecule has 0 aliphatic carbocycles. The maximum atomic E-state index is 12.5. The molecule has 1 aliphatic rings. The largest absolute Gasteiger partial charge is 0.340 e. The predicted octanol–water partition coefficient (Wildman–Crippen LogP) is 4.31. The Bertz CT molecular complexity index is 1380. The Hall–Kier alpha value is -3.65. The molecule has 1 fully saturated rings. The lowest BCUT2D eigenvalue weighted by molar-refractivity contribution is 0.202. The highest BCUT2D eigenvalue weighted by Crippen LogP contribution is 2.30. The van der Waals surface area contributed by atoms with E-state index in [9.17, 15) is 4.79 Å². The van der Waals surface area contributed by atoms with Gasteiger partial charge in [-0.15, -0.1) is 16.8 Å². The van der Waals surface area contributed by atoms with Crippen LogP contribution in [0.2, 0.25) is 5.02 Å². The summed E-state index contributed by atoms with van der Waals surface area (Å²) in [6, 6.07) is 13.8. The quantitative estimate of drug-likeness (QED) is 0.445. The molecule has 2 aromatic carbocycles. The average molecular weight is 476 g/mol. The van der Waals surface area contributed by atoms with E-state index < -0.39 is 0 Å². The number of hydrogen-bond acceptors (Lipinski definition) is 5. The molecule has 2 amide bonds. The van der Waals surface area contributed by atoms with Crippen molar-refractivity contribution >= 4 is 40.1 Å². The van der Waals surface area contributed by atoms with E-state index in [0.717, 1.165) is 52.4 Å². The molecule has 1 saturated heterocycles. The van der Waals surface area contributed by atoms with E-state index >= 15 is 0 Å². The molecule has 0 radical (unpaired) electrons. The SMILES string of the molecule is C=CCNC(=O)N1CCCN(c2nc3cc(Cl)ccc3c3nnc(-c4cccc(C)c4)n23)CC1. The molecule has 5 rings (SSSR count). The summed E-state index contributed by atoms with van der Waals surface area (Å²) in [5.74, 6) is 1.49. The Morgan fingerprint density at radius 1 is 1.15 bits per heavy atom. The van der Waals surface area contributed by atoms with Gasteiger partial charge in [0, 0.05) is 48.7 Å². The minimum Gasteiger partial charge on any atom is -0.340 e. The van der Waals surface area contributed by atoms with E-state index in [2.05, 4.69) is 46.0 Å². The summed E-state index contributed by atoms with van der Waals surface area (Å²) in [5.41, 5.74) is 3.62. The zero-order valence-corrected chi connectivity index (χ0v) is 19.8. The van der Waals surface area contributed by atoms with Gasteiger partial charge in [-0.3, -0.25) is 0 Å². The number of amides is 2. The summed E-state index contributed by atoms with van der Waals surface area (Å²) in [5, 5.41) is 13.5. The fourth-order valence-electron chi connectivity index (χ4n) is 4.37. The average Bonchev–Trinajstić information content (AvgIpc) is 3.13. The minimum absolute atomic E-state index is 0.0742. The molecule has 0 saturated carbocycles. The Kier molecular flexibility index (Phi) is 6.06. The fourth-order valence-corrected chi connectivity index (χ4v) is 4.53. The second-order valence-electron chi connectivity index (χ2n) is 8.43. The second-order valence-corrected chi connectivity index (χ2v) is 8.86. The van der Waals surface area contributed by atoms with Crippen molar-refractivity contribution in [2.45, 2.75) is 13.3 Å². The number of urea groups is 1. The monoisotopic (exact) mass is 475 g/mol. The molecule has 1 N–H and O–H groups in total. The summed E-state index contributed by atoms with van der Waals surface area (Å²) in [6.45, 7) is 8.83. The summed E-state index contributed by atoms with van der Waals surface area (Å²) in [7, 11) is 0. The highest BCUT2D eigenvalue weighted by atomic mass is 35.5. The van der Waals surface area contributed by atoms with Crippen molar-refractivity contribution < 1.29 is 4.79 Å². The molecule has 4 aromatic rings. The van der Waals surface area contributed by atoms with Gasteiger partial charge in [0.2, 0.25) is 5.95 Å². The van der Waals surface area contributed by atoms with Crippen molar-refractivity contribution in [3.63, 3.8) is 0 Å². The zero-order valence-electron chi connectivity index (χ0n) is 19.0. The number of aryl methyl sites for hydroxylation is 1. The van der Waals surface area contributed by atoms with Crippen LogP contribution in [0.1, 0.15) is 12.0 Å². The van der Waals surface area contributed by atoms with E-state index in [-0.39, 0.29) is 6.03 Å². The number of aromatic nitrogens is 4. The predicted molar refractivity (Wildman–Crippen MR) is 135 cm³/mol. The maximum Gasteiger partial charge on any atom is 0.317 e. The third-order valence-corrected chi connectivity index (χ3v) is 6.26. The van der Waals surface area contributed by atoms with Crippen molar-refractivity contribution in [2.75, 3.05) is 37.6 Å². The molecule has 174 valence electrons. The van der Waals surface area contributed by atoms with Gasteiger partial charge in [-0.1, -0.05) is 41.4 Å². The first-order chi connectivity index (χ1) is 16.5. The number of nitrogens with one attached hydrogen (secondary N) is 1. The van der Waals surface area contributed by atoms with Gasteiger partial charge < -0.3 is 15.1 Å². The fraction of sp³-hybridized carbons (Fsp3) is 0.280. The minimum atomic E-state index is -0.0742. The van der Waals surface area contributed by atoms with Crippen LogP contribution in [0.5, 0.6) is 0 Å². The van der Waals surface area contributed by atoms with E-state index in [1.165, 1.54) is 0 Å². The summed E-state index contributed by atoms with van der Waals surface area (Å²) in [6.07, 6.45) is 2.50. The summed E-state index contributed by atoms with van der Waals surface area (Å²) >= 11 is 6.29. The smallest absolute Gasteiger partial charge is 0.317 e. The molecule has 34 heavy (non-hydrogen) atoms. The molecule has 1 aliphatic heterocycles. The number of fused-ring (bicyclic) bond motifs is 3. The Morgan fingerprint density at radius 3 is 2.85 bits per heavy atom. The number of anilines is 1. The lowest BCUT2D eigenvalue weighted by atomic mass is 10.1. The van der Waals surface area contributed by atoms with Crippen molar-refractivity contribution in [2.24, 2.45) is 0 Å². The lowest BCUT2D eigenvalue weighted by Crippen LogP contribution is -2.42. The second kappa shape index (κ2) is 9.30. The third kappa shape index (κ3) is 4.17. The molecule has 2 aromatic heterocycles. The first kappa shape index (κ1) is 22.2. The molecule has 0 spiro atoms. The molecule has 8 nitrogen and oxygen atoms in total. The standard InChI is InChI=1S/C25H26ClN7O/c1-3-10-27-25(34)32-12-5-11-31(13-14-32)24-28-21-16-19(26)8-9-20(21)23-30-29-22(33(23)24)18-7-4-6-17(2)15-18/h3-4,6-9,15-16H,1,5,10-14H2,2H3,(H,27,34). The van der Waals surface area contributed by atoms with Gasteiger partial charge >= 0.3 is 6.03 Å². The lowest BCUT2D eigenvalue weighted by Gasteiger charge is -2.24. The van der Waals surface area contributed by atoms with Gasteiger partial charge in [-0.05, 0) is 37.6 Å². The van der Waals surface area contributed by atoms with Crippen LogP contribution >= 0.6 is 11.6 Å². The third-order valence-electron chi connectivity index (χ3n) is 6.02. The Morgan fingerprint density at radius 2 is 2.03 bits per heavy atom. The van der Waals surface area contributed by atoms with Crippen molar-refractivity contribution in [1.29, 1.82) is 0 Å². The zero-order chi connectivity index (χ0) is 23.7. The molecule has 0 bridgehead atoms. The van der Waals surface area contributed by atoms with Gasteiger partial charge in [-0.2, -0.15) is 0 Å². The van der Waals surface area contributed by atoms with E-state index in [0.29, 0.717) is 31.2 Å². The molecule has 9 heteroatoms. The number of carbonyl (C=O) groups excluding carboxylic acids is 1. The first-order valence-electron chi connectivity index (χ1n) is 11.3. The van der Waals surface area contributed by atoms with Crippen molar-refractivity contribution in [1.82, 2.24) is 29.8 Å². The Labute approximate surface area is 202 Å². The maximum absolute atomic E-state index is 12.5. The van der Waals surface area contributed by atoms with E-state index in [4.69, 9.17) is 16.6 Å². The number of rotatable bonds is 4. The molecule has 0 atom stereocenters. The van der Waals surface area contributed by atoms with Gasteiger partial charge in [-0.25, -0.2) is 14.2 Å². The number of halogens is 1. The highest BCUT2D eigenvalue weighted by Gasteiger charge is 2.24. The normalized spacial score (nSPS) is 14.4. The van der Waals surface area contributed by atoms with Crippen LogP contribution < -0.4 is 10.2 Å². The van der Waals surface area contributed by atoms with Crippen LogP contribution in [-0.2, 0) is 0 Å². The van der Waals surface area contributed by atoms with Crippen LogP contribution in [0.3, 0.4) is 0 Å². The number of nitrogens with zero attached hydrogens (tertiary/aromatic N) is 6. The van der Waals surface area contributed by atoms with Crippen molar-refractivity contribution in [3.8, 4) is 11.4 Å². The summed E-state index contributed by atoms with van der Waals surface area (Å²) < 4.78 is 2.03. The Balaban J connectivity index is 1.61. The number of benzene rings is 2. The van der Waals surface area contributed by atoms with Crippen LogP contribution in [0.4, 0.5) is 10.7 Å². The number of hydrogen-bond donors (Lipinski definition) is 1. The highest BCUT2D eigenvalue weighted by molar-refractivity contribution is 6.31. The van der Waals surface area contributed by atoms with Crippen LogP contribution in [0.25, 0.3) is 27.9 Å². The van der Waals surface area contributed by atoms with E-state index in [1.54, 1.807) is 6.08 Å². The van der Waals surface area contributed by atoms with Crippen LogP contribution in [-0.4, -0.2) is 63.2 Å². The molecule has 3 heterocycles. The van der Waals surface area contributed by atoms with Gasteiger partial charge in [0.05, 0.1) is 5.52 Å². The topological polar surface area (TPSA) is 78.7 Å². The van der Waals surface area contributed by atoms with E-state index in [1.807, 2.05) is 39.6 Å². The van der Waals surface area contributed by atoms with Gasteiger partial charge in [0.1, 0.15) is 0 Å². The molecule has 0 unspecified atom stereocenters. The van der Waals surface area contributed by atoms with Gasteiger partial charge in [0.25, 0.3) is 0 Å².